The summed E-state index contributed by atoms with van der Waals surface area (Å²) in [7, 11) is -2.09. The fraction of sp³-hybridized carbons (Fsp3) is 0.714. The highest BCUT2D eigenvalue weighted by Gasteiger charge is 2.56. The van der Waals surface area contributed by atoms with Crippen molar-refractivity contribution in [2.75, 3.05) is 0 Å². The Labute approximate surface area is 206 Å². The van der Waals surface area contributed by atoms with Crippen LogP contribution in [0, 0.1) is 17.3 Å². The largest absolute Gasteiger partial charge is 0.541 e. The van der Waals surface area contributed by atoms with Crippen molar-refractivity contribution in [3.8, 4) is 11.5 Å². The van der Waals surface area contributed by atoms with Crippen molar-refractivity contribution < 1.29 is 23.5 Å². The summed E-state index contributed by atoms with van der Waals surface area (Å²) >= 11 is 0. The van der Waals surface area contributed by atoms with Gasteiger partial charge in [-0.05, 0) is 97.7 Å². The Morgan fingerprint density at radius 2 is 1.71 bits per heavy atom. The molecule has 3 aliphatic carbocycles. The van der Waals surface area contributed by atoms with E-state index in [0.29, 0.717) is 23.5 Å². The Balaban J connectivity index is 1.67. The molecule has 4 rings (SSSR count). The molecule has 0 heterocycles. The Kier molecular flexibility index (Phi) is 6.46. The lowest BCUT2D eigenvalue weighted by molar-refractivity contribution is -0.154. The van der Waals surface area contributed by atoms with Crippen molar-refractivity contribution in [1.29, 1.82) is 0 Å². The second-order valence-corrected chi connectivity index (χ2v) is 17.3. The first-order chi connectivity index (χ1) is 15.7. The average molecular weight is 487 g/mol. The lowest BCUT2D eigenvalue weighted by Crippen LogP contribution is -2.45. The van der Waals surface area contributed by atoms with Gasteiger partial charge in [-0.15, -0.1) is 0 Å². The van der Waals surface area contributed by atoms with Crippen LogP contribution in [0.5, 0.6) is 11.5 Å². The second kappa shape index (κ2) is 8.68. The van der Waals surface area contributed by atoms with E-state index in [1.807, 2.05) is 0 Å². The van der Waals surface area contributed by atoms with Gasteiger partial charge in [0.15, 0.2) is 5.75 Å². The van der Waals surface area contributed by atoms with Crippen LogP contribution in [0.25, 0.3) is 0 Å². The van der Waals surface area contributed by atoms with E-state index in [2.05, 4.69) is 52.9 Å². The van der Waals surface area contributed by atoms with E-state index in [-0.39, 0.29) is 28.5 Å². The molecular formula is C28H42O5Si. The van der Waals surface area contributed by atoms with Gasteiger partial charge in [-0.2, -0.15) is 0 Å². The summed E-state index contributed by atoms with van der Waals surface area (Å²) in [6, 6.07) is 4.27. The third-order valence-electron chi connectivity index (χ3n) is 9.44. The van der Waals surface area contributed by atoms with Crippen molar-refractivity contribution in [2.45, 2.75) is 110 Å². The number of aryl methyl sites for hydroxylation is 1. The van der Waals surface area contributed by atoms with E-state index in [9.17, 15) is 9.59 Å². The Hall–Kier alpha value is -1.82. The van der Waals surface area contributed by atoms with Gasteiger partial charge in [-0.1, -0.05) is 27.7 Å². The number of benzene rings is 1. The Morgan fingerprint density at radius 3 is 2.32 bits per heavy atom. The molecule has 0 aromatic heterocycles. The molecule has 0 radical (unpaired) electrons. The maximum Gasteiger partial charge on any atom is 0.308 e. The average Bonchev–Trinajstić information content (AvgIpc) is 3.02. The lowest BCUT2D eigenvalue weighted by Gasteiger charge is -2.50. The normalized spacial score (nSPS) is 30.6. The second-order valence-electron chi connectivity index (χ2n) is 12.6. The summed E-state index contributed by atoms with van der Waals surface area (Å²) < 4.78 is 18.1. The van der Waals surface area contributed by atoms with Gasteiger partial charge >= 0.3 is 11.9 Å². The molecule has 0 bridgehead atoms. The molecule has 1 aromatic carbocycles. The fourth-order valence-corrected chi connectivity index (χ4v) is 7.68. The van der Waals surface area contributed by atoms with Crippen molar-refractivity contribution in [3.63, 3.8) is 0 Å². The van der Waals surface area contributed by atoms with Crippen LogP contribution < -0.4 is 9.16 Å². The highest BCUT2D eigenvalue weighted by Crippen LogP contribution is 2.62. The Bertz CT molecular complexity index is 978. The predicted molar refractivity (Wildman–Crippen MR) is 136 cm³/mol. The highest BCUT2D eigenvalue weighted by atomic mass is 28.4. The molecule has 188 valence electrons. The molecule has 3 aliphatic rings. The minimum atomic E-state index is -2.09. The van der Waals surface area contributed by atoms with Crippen LogP contribution >= 0.6 is 0 Å². The summed E-state index contributed by atoms with van der Waals surface area (Å²) in [5, 5.41) is 0.0519. The summed E-state index contributed by atoms with van der Waals surface area (Å²) in [4.78, 5) is 23.7. The van der Waals surface area contributed by atoms with Crippen molar-refractivity contribution in [1.82, 2.24) is 0 Å². The molecule has 2 fully saturated rings. The van der Waals surface area contributed by atoms with Gasteiger partial charge in [0, 0.05) is 19.3 Å². The van der Waals surface area contributed by atoms with Crippen LogP contribution in [0.4, 0.5) is 0 Å². The number of ether oxygens (including phenoxy) is 2. The zero-order valence-electron chi connectivity index (χ0n) is 22.2. The minimum absolute atomic E-state index is 0.0364. The monoisotopic (exact) mass is 486 g/mol. The molecule has 1 aromatic rings. The number of hydrogen-bond donors (Lipinski definition) is 0. The van der Waals surface area contributed by atoms with Crippen LogP contribution in [-0.4, -0.2) is 26.4 Å². The van der Waals surface area contributed by atoms with E-state index >= 15 is 0 Å². The lowest BCUT2D eigenvalue weighted by atomic mass is 9.55. The van der Waals surface area contributed by atoms with Crippen LogP contribution in [0.2, 0.25) is 18.1 Å². The third kappa shape index (κ3) is 4.43. The summed E-state index contributed by atoms with van der Waals surface area (Å²) in [6.45, 7) is 16.4. The van der Waals surface area contributed by atoms with E-state index in [1.54, 1.807) is 0 Å². The quantitative estimate of drug-likeness (QED) is 0.266. The van der Waals surface area contributed by atoms with Gasteiger partial charge < -0.3 is 13.9 Å². The molecule has 0 amide bonds. The molecule has 2 saturated carbocycles. The van der Waals surface area contributed by atoms with Gasteiger partial charge in [0.25, 0.3) is 8.32 Å². The maximum atomic E-state index is 12.0. The van der Waals surface area contributed by atoms with Crippen molar-refractivity contribution in [2.24, 2.45) is 17.3 Å². The van der Waals surface area contributed by atoms with Gasteiger partial charge in [-0.25, -0.2) is 0 Å². The Morgan fingerprint density at radius 1 is 1.00 bits per heavy atom. The number of rotatable bonds is 4. The molecule has 0 saturated heterocycles. The third-order valence-corrected chi connectivity index (χ3v) is 13.8. The zero-order chi connectivity index (χ0) is 25.1. The molecule has 0 N–H and O–H groups in total. The number of carbonyl (C=O) groups excluding carboxylic acids is 2. The van der Waals surface area contributed by atoms with Crippen LogP contribution in [0.15, 0.2) is 12.1 Å². The van der Waals surface area contributed by atoms with Gasteiger partial charge in [0.05, 0.1) is 0 Å². The number of carbonyl (C=O) groups is 2. The van der Waals surface area contributed by atoms with E-state index in [0.717, 1.165) is 44.3 Å². The molecule has 5 nitrogen and oxygen atoms in total. The molecule has 0 unspecified atom stereocenters. The van der Waals surface area contributed by atoms with Crippen molar-refractivity contribution >= 4 is 20.3 Å². The summed E-state index contributed by atoms with van der Waals surface area (Å²) in [5.74, 6) is 2.39. The van der Waals surface area contributed by atoms with Crippen molar-refractivity contribution in [3.05, 3.63) is 23.3 Å². The number of esters is 2. The first-order valence-corrected chi connectivity index (χ1v) is 15.9. The standard InChI is InChI=1S/C28H42O5Si/c1-17(29)31-24-16-22-19(15-25(24)33-34(7,8)27(3,4)5)9-10-21-20(22)13-14-28(6)23(21)11-12-26(28)32-18(2)30/h15-16,20-21,23,26H,9-14H2,1-8H3/t20-,21+,23-,26-,28-/m0/s1. The van der Waals surface area contributed by atoms with E-state index in [4.69, 9.17) is 13.9 Å². The van der Waals surface area contributed by atoms with Crippen LogP contribution in [-0.2, 0) is 20.7 Å². The van der Waals surface area contributed by atoms with E-state index in [1.165, 1.54) is 25.0 Å². The van der Waals surface area contributed by atoms with Crippen LogP contribution in [0.1, 0.15) is 90.7 Å². The smallest absolute Gasteiger partial charge is 0.308 e. The first kappa shape index (κ1) is 25.3. The molecule has 6 heteroatoms. The highest BCUT2D eigenvalue weighted by molar-refractivity contribution is 6.74. The van der Waals surface area contributed by atoms with Gasteiger partial charge in [0.2, 0.25) is 0 Å². The first-order valence-electron chi connectivity index (χ1n) is 12.9. The minimum Gasteiger partial charge on any atom is -0.541 e. The van der Waals surface area contributed by atoms with Gasteiger partial charge in [0.1, 0.15) is 11.9 Å². The topological polar surface area (TPSA) is 61.8 Å². The molecule has 0 aliphatic heterocycles. The SMILES string of the molecule is CC(=O)Oc1cc2c(cc1O[Si](C)(C)C(C)(C)C)CC[C@@H]1[C@@H]2CC[C@]2(C)[C@@H](OC(C)=O)CC[C@@H]12. The van der Waals surface area contributed by atoms with Gasteiger partial charge in [-0.3, -0.25) is 9.59 Å². The molecular weight excluding hydrogens is 444 g/mol. The molecule has 0 spiro atoms. The molecule has 34 heavy (non-hydrogen) atoms. The van der Waals surface area contributed by atoms with Crippen LogP contribution in [0.3, 0.4) is 0 Å². The maximum absolute atomic E-state index is 12.0. The fourth-order valence-electron chi connectivity index (χ4n) is 6.67. The van der Waals surface area contributed by atoms with E-state index < -0.39 is 8.32 Å². The predicted octanol–water partition coefficient (Wildman–Crippen LogP) is 6.78. The number of fused-ring (bicyclic) bond motifs is 5. The number of hydrogen-bond acceptors (Lipinski definition) is 5. The zero-order valence-corrected chi connectivity index (χ0v) is 23.2. The summed E-state index contributed by atoms with van der Waals surface area (Å²) in [6.07, 6.45) is 6.41. The summed E-state index contributed by atoms with van der Waals surface area (Å²) in [5.41, 5.74) is 2.73. The molecule has 5 atom stereocenters.